The van der Waals surface area contributed by atoms with Crippen LogP contribution in [0.4, 0.5) is 0 Å². The number of aliphatic hydroxyl groups is 1. The number of H-pyrrole nitrogens is 1. The van der Waals surface area contributed by atoms with E-state index in [1.54, 1.807) is 0 Å². The number of carbonyl (C=O) groups excluding carboxylic acids is 1. The molecule has 1 heterocycles. The third kappa shape index (κ3) is 2.95. The van der Waals surface area contributed by atoms with E-state index < -0.39 is 0 Å². The quantitative estimate of drug-likeness (QED) is 0.807. The molecule has 2 aromatic rings. The fraction of sp³-hybridized carbons (Fsp3) is 0.471. The zero-order valence-electron chi connectivity index (χ0n) is 12.4. The van der Waals surface area contributed by atoms with Gasteiger partial charge in [-0.05, 0) is 37.0 Å². The number of fused-ring (bicyclic) bond motifs is 1. The third-order valence-electron chi connectivity index (χ3n) is 4.53. The van der Waals surface area contributed by atoms with Crippen molar-refractivity contribution in [1.82, 2.24) is 10.3 Å². The summed E-state index contributed by atoms with van der Waals surface area (Å²) >= 11 is 0. The molecule has 1 amide bonds. The zero-order chi connectivity index (χ0) is 14.8. The van der Waals surface area contributed by atoms with Gasteiger partial charge in [-0.1, -0.05) is 18.6 Å². The van der Waals surface area contributed by atoms with Gasteiger partial charge in [0.1, 0.15) is 0 Å². The van der Waals surface area contributed by atoms with Crippen molar-refractivity contribution in [3.63, 3.8) is 0 Å². The van der Waals surface area contributed by atoms with E-state index in [9.17, 15) is 9.90 Å². The molecular weight excluding hydrogens is 264 g/mol. The topological polar surface area (TPSA) is 65.1 Å². The lowest BCUT2D eigenvalue weighted by atomic mass is 10.0. The lowest BCUT2D eigenvalue weighted by Gasteiger charge is -2.15. The average molecular weight is 286 g/mol. The summed E-state index contributed by atoms with van der Waals surface area (Å²) in [6.45, 7) is 2.65. The molecule has 0 spiro atoms. The Balaban J connectivity index is 1.64. The molecule has 3 rings (SSSR count). The molecule has 2 unspecified atom stereocenters. The van der Waals surface area contributed by atoms with Gasteiger partial charge in [-0.15, -0.1) is 0 Å². The molecule has 2 atom stereocenters. The summed E-state index contributed by atoms with van der Waals surface area (Å²) in [6.07, 6.45) is 4.98. The van der Waals surface area contributed by atoms with Crippen LogP contribution in [0.25, 0.3) is 10.9 Å². The Morgan fingerprint density at radius 3 is 3.05 bits per heavy atom. The SMILES string of the molecule is Cc1cccc2[nH]cc(CC(=O)NCC3CCCC3O)c12. The molecule has 4 nitrogen and oxygen atoms in total. The van der Waals surface area contributed by atoms with Gasteiger partial charge >= 0.3 is 0 Å². The first-order chi connectivity index (χ1) is 10.1. The van der Waals surface area contributed by atoms with Crippen molar-refractivity contribution in [1.29, 1.82) is 0 Å². The van der Waals surface area contributed by atoms with Crippen molar-refractivity contribution in [2.75, 3.05) is 6.54 Å². The second-order valence-corrected chi connectivity index (χ2v) is 6.05. The number of aryl methyl sites for hydroxylation is 1. The molecule has 1 aliphatic rings. The molecule has 0 saturated heterocycles. The Hall–Kier alpha value is -1.81. The predicted molar refractivity (Wildman–Crippen MR) is 83.1 cm³/mol. The highest BCUT2D eigenvalue weighted by molar-refractivity contribution is 5.91. The van der Waals surface area contributed by atoms with E-state index in [-0.39, 0.29) is 17.9 Å². The molecule has 1 aliphatic carbocycles. The first-order valence-electron chi connectivity index (χ1n) is 7.65. The molecule has 1 fully saturated rings. The van der Waals surface area contributed by atoms with Crippen molar-refractivity contribution < 1.29 is 9.90 Å². The van der Waals surface area contributed by atoms with Crippen molar-refractivity contribution in [3.8, 4) is 0 Å². The van der Waals surface area contributed by atoms with Gasteiger partial charge in [0.25, 0.3) is 0 Å². The lowest BCUT2D eigenvalue weighted by Crippen LogP contribution is -2.33. The maximum absolute atomic E-state index is 12.1. The van der Waals surface area contributed by atoms with E-state index in [2.05, 4.69) is 23.3 Å². The van der Waals surface area contributed by atoms with E-state index in [0.29, 0.717) is 13.0 Å². The Morgan fingerprint density at radius 1 is 1.43 bits per heavy atom. The highest BCUT2D eigenvalue weighted by atomic mass is 16.3. The molecule has 0 radical (unpaired) electrons. The number of nitrogens with one attached hydrogen (secondary N) is 2. The number of rotatable bonds is 4. The fourth-order valence-electron chi connectivity index (χ4n) is 3.33. The van der Waals surface area contributed by atoms with Gasteiger partial charge in [-0.3, -0.25) is 4.79 Å². The second kappa shape index (κ2) is 5.90. The molecule has 0 bridgehead atoms. The molecule has 4 heteroatoms. The molecule has 112 valence electrons. The van der Waals surface area contributed by atoms with Crippen LogP contribution >= 0.6 is 0 Å². The van der Waals surface area contributed by atoms with Crippen LogP contribution in [0.3, 0.4) is 0 Å². The summed E-state index contributed by atoms with van der Waals surface area (Å²) in [6, 6.07) is 6.10. The van der Waals surface area contributed by atoms with Gasteiger partial charge in [0.05, 0.1) is 12.5 Å². The molecule has 0 aliphatic heterocycles. The molecule has 21 heavy (non-hydrogen) atoms. The first-order valence-corrected chi connectivity index (χ1v) is 7.65. The minimum Gasteiger partial charge on any atom is -0.393 e. The summed E-state index contributed by atoms with van der Waals surface area (Å²) in [7, 11) is 0. The summed E-state index contributed by atoms with van der Waals surface area (Å²) in [5.74, 6) is 0.247. The second-order valence-electron chi connectivity index (χ2n) is 6.05. The van der Waals surface area contributed by atoms with E-state index >= 15 is 0 Å². The average Bonchev–Trinajstić information content (AvgIpc) is 3.04. The van der Waals surface area contributed by atoms with Gasteiger partial charge in [0.2, 0.25) is 5.91 Å². The highest BCUT2D eigenvalue weighted by Crippen LogP contribution is 2.25. The van der Waals surface area contributed by atoms with Crippen molar-refractivity contribution in [3.05, 3.63) is 35.5 Å². The molecule has 3 N–H and O–H groups in total. The monoisotopic (exact) mass is 286 g/mol. The molecule has 1 aromatic carbocycles. The summed E-state index contributed by atoms with van der Waals surface area (Å²) < 4.78 is 0. The Morgan fingerprint density at radius 2 is 2.29 bits per heavy atom. The maximum atomic E-state index is 12.1. The van der Waals surface area contributed by atoms with E-state index in [0.717, 1.165) is 35.7 Å². The van der Waals surface area contributed by atoms with Crippen LogP contribution in [0, 0.1) is 12.8 Å². The maximum Gasteiger partial charge on any atom is 0.224 e. The predicted octanol–water partition coefficient (Wildman–Crippen LogP) is 2.30. The number of carbonyl (C=O) groups is 1. The zero-order valence-corrected chi connectivity index (χ0v) is 12.4. The fourth-order valence-corrected chi connectivity index (χ4v) is 3.33. The van der Waals surface area contributed by atoms with Crippen molar-refractivity contribution in [2.24, 2.45) is 5.92 Å². The number of aromatic amines is 1. The van der Waals surface area contributed by atoms with Crippen molar-refractivity contribution in [2.45, 2.75) is 38.7 Å². The van der Waals surface area contributed by atoms with Crippen LogP contribution in [0.2, 0.25) is 0 Å². The number of benzene rings is 1. The minimum absolute atomic E-state index is 0.0262. The van der Waals surface area contributed by atoms with Gasteiger partial charge in [-0.25, -0.2) is 0 Å². The molecule has 1 aromatic heterocycles. The number of hydrogen-bond acceptors (Lipinski definition) is 2. The van der Waals surface area contributed by atoms with Crippen LogP contribution in [0.15, 0.2) is 24.4 Å². The minimum atomic E-state index is -0.249. The van der Waals surface area contributed by atoms with Crippen LogP contribution in [-0.2, 0) is 11.2 Å². The number of amides is 1. The summed E-state index contributed by atoms with van der Waals surface area (Å²) in [4.78, 5) is 15.3. The number of hydrogen-bond donors (Lipinski definition) is 3. The van der Waals surface area contributed by atoms with Crippen molar-refractivity contribution >= 4 is 16.8 Å². The van der Waals surface area contributed by atoms with Gasteiger partial charge in [0, 0.05) is 29.6 Å². The third-order valence-corrected chi connectivity index (χ3v) is 4.53. The normalized spacial score (nSPS) is 21.8. The van der Waals surface area contributed by atoms with E-state index in [1.165, 1.54) is 5.56 Å². The standard InChI is InChI=1S/C17H22N2O2/c1-11-4-2-6-14-17(11)13(10-18-14)8-16(21)19-9-12-5-3-7-15(12)20/h2,4,6,10,12,15,18,20H,3,5,7-9H2,1H3,(H,19,21). The largest absolute Gasteiger partial charge is 0.393 e. The molecular formula is C17H22N2O2. The Labute approximate surface area is 124 Å². The Kier molecular flexibility index (Phi) is 3.97. The van der Waals surface area contributed by atoms with E-state index in [1.807, 2.05) is 18.3 Å². The van der Waals surface area contributed by atoms with Crippen LogP contribution < -0.4 is 5.32 Å². The highest BCUT2D eigenvalue weighted by Gasteiger charge is 2.25. The molecule has 1 saturated carbocycles. The smallest absolute Gasteiger partial charge is 0.224 e. The first kappa shape index (κ1) is 14.1. The number of aliphatic hydroxyl groups excluding tert-OH is 1. The summed E-state index contributed by atoms with van der Waals surface area (Å²) in [5, 5.41) is 13.9. The van der Waals surface area contributed by atoms with Crippen LogP contribution in [0.1, 0.15) is 30.4 Å². The lowest BCUT2D eigenvalue weighted by molar-refractivity contribution is -0.120. The van der Waals surface area contributed by atoms with Gasteiger partial charge in [-0.2, -0.15) is 0 Å². The van der Waals surface area contributed by atoms with Crippen LogP contribution in [-0.4, -0.2) is 28.6 Å². The number of aromatic nitrogens is 1. The van der Waals surface area contributed by atoms with Gasteiger partial charge < -0.3 is 15.4 Å². The summed E-state index contributed by atoms with van der Waals surface area (Å²) in [5.41, 5.74) is 3.29. The van der Waals surface area contributed by atoms with Gasteiger partial charge in [0.15, 0.2) is 0 Å². The Bertz CT molecular complexity index is 647. The van der Waals surface area contributed by atoms with E-state index in [4.69, 9.17) is 0 Å². The van der Waals surface area contributed by atoms with Crippen LogP contribution in [0.5, 0.6) is 0 Å².